The molecule has 1 N–H and O–H groups in total. The predicted molar refractivity (Wildman–Crippen MR) is 66.8 cm³/mol. The van der Waals surface area contributed by atoms with Crippen molar-refractivity contribution >= 4 is 17.3 Å². The van der Waals surface area contributed by atoms with Crippen LogP contribution >= 0.6 is 11.6 Å². The predicted octanol–water partition coefficient (Wildman–Crippen LogP) is 5.15. The summed E-state index contributed by atoms with van der Waals surface area (Å²) in [4.78, 5) is 0. The first kappa shape index (κ1) is 15.4. The lowest BCUT2D eigenvalue weighted by atomic mass is 9.84. The van der Waals surface area contributed by atoms with Gasteiger partial charge in [-0.15, -0.1) is 0 Å². The molecule has 0 heterocycles. The fourth-order valence-corrected chi connectivity index (χ4v) is 2.81. The summed E-state index contributed by atoms with van der Waals surface area (Å²) in [6, 6.07) is 0.527. The zero-order chi connectivity index (χ0) is 14.9. The van der Waals surface area contributed by atoms with E-state index in [0.717, 1.165) is 6.07 Å². The number of hydrogen-bond donors (Lipinski definition) is 1. The van der Waals surface area contributed by atoms with Crippen LogP contribution in [0.4, 0.5) is 27.6 Å². The van der Waals surface area contributed by atoms with Crippen molar-refractivity contribution in [3.8, 4) is 0 Å². The smallest absolute Gasteiger partial charge is 0.378 e. The number of nitrogens with one attached hydrogen (secondary N) is 1. The fraction of sp³-hybridized carbons (Fsp3) is 0.538. The van der Waals surface area contributed by atoms with Gasteiger partial charge in [-0.1, -0.05) is 24.4 Å². The van der Waals surface area contributed by atoms with Crippen molar-refractivity contribution in [2.75, 3.05) is 5.32 Å². The molecule has 0 bridgehead atoms. The molecule has 0 spiro atoms. The third kappa shape index (κ3) is 3.34. The molecule has 2 rings (SSSR count). The monoisotopic (exact) mass is 313 g/mol. The van der Waals surface area contributed by atoms with Crippen LogP contribution in [0.2, 0.25) is 5.02 Å². The largest absolute Gasteiger partial charge is 0.393 e. The number of benzene rings is 1. The minimum Gasteiger partial charge on any atom is -0.378 e. The van der Waals surface area contributed by atoms with Gasteiger partial charge in [0.05, 0.1) is 16.6 Å². The van der Waals surface area contributed by atoms with Crippen molar-refractivity contribution in [2.24, 2.45) is 5.92 Å². The Hall–Kier alpha value is -1.04. The minimum absolute atomic E-state index is 0.00159. The Morgan fingerprint density at radius 3 is 2.35 bits per heavy atom. The molecule has 1 aromatic rings. The van der Waals surface area contributed by atoms with Crippen LogP contribution in [0.25, 0.3) is 0 Å². The van der Waals surface area contributed by atoms with E-state index in [0.29, 0.717) is 18.9 Å². The standard InChI is InChI=1S/C13H13ClF5N/c14-9-5-7(15)6-10(16)12(9)20-11-4-2-1-3-8(11)13(17,18)19/h5-6,8,11,20H,1-4H2. The lowest BCUT2D eigenvalue weighted by Crippen LogP contribution is -2.41. The number of rotatable bonds is 2. The van der Waals surface area contributed by atoms with Gasteiger partial charge in [0.1, 0.15) is 5.82 Å². The van der Waals surface area contributed by atoms with Crippen molar-refractivity contribution in [2.45, 2.75) is 37.9 Å². The van der Waals surface area contributed by atoms with Gasteiger partial charge in [-0.3, -0.25) is 0 Å². The van der Waals surface area contributed by atoms with Crippen molar-refractivity contribution in [3.63, 3.8) is 0 Å². The second-order valence-electron chi connectivity index (χ2n) is 4.93. The molecule has 0 aromatic heterocycles. The molecule has 0 saturated heterocycles. The second kappa shape index (κ2) is 5.76. The topological polar surface area (TPSA) is 12.0 Å². The van der Waals surface area contributed by atoms with Gasteiger partial charge in [0, 0.05) is 12.1 Å². The van der Waals surface area contributed by atoms with E-state index in [1.54, 1.807) is 0 Å². The molecule has 1 aliphatic rings. The zero-order valence-corrected chi connectivity index (χ0v) is 11.2. The van der Waals surface area contributed by atoms with E-state index < -0.39 is 29.8 Å². The van der Waals surface area contributed by atoms with Gasteiger partial charge in [-0.2, -0.15) is 13.2 Å². The maximum absolute atomic E-state index is 13.6. The highest BCUT2D eigenvalue weighted by molar-refractivity contribution is 6.33. The average molecular weight is 314 g/mol. The third-order valence-corrected chi connectivity index (χ3v) is 3.82. The van der Waals surface area contributed by atoms with Crippen molar-refractivity contribution in [1.82, 2.24) is 0 Å². The summed E-state index contributed by atoms with van der Waals surface area (Å²) in [5.74, 6) is -3.40. The number of hydrogen-bond acceptors (Lipinski definition) is 1. The van der Waals surface area contributed by atoms with Gasteiger partial charge in [0.2, 0.25) is 0 Å². The normalized spacial score (nSPS) is 23.7. The molecule has 112 valence electrons. The molecule has 1 saturated carbocycles. The van der Waals surface area contributed by atoms with E-state index in [1.165, 1.54) is 0 Å². The molecular weight excluding hydrogens is 301 g/mol. The van der Waals surface area contributed by atoms with Crippen LogP contribution in [0.1, 0.15) is 25.7 Å². The molecule has 1 aliphatic carbocycles. The lowest BCUT2D eigenvalue weighted by molar-refractivity contribution is -0.184. The maximum atomic E-state index is 13.6. The first-order valence-corrected chi connectivity index (χ1v) is 6.64. The Bertz CT molecular complexity index is 465. The van der Waals surface area contributed by atoms with Gasteiger partial charge >= 0.3 is 6.18 Å². The first-order valence-electron chi connectivity index (χ1n) is 6.27. The summed E-state index contributed by atoms with van der Waals surface area (Å²) < 4.78 is 65.3. The highest BCUT2D eigenvalue weighted by atomic mass is 35.5. The van der Waals surface area contributed by atoms with Crippen LogP contribution in [0.3, 0.4) is 0 Å². The first-order chi connectivity index (χ1) is 9.29. The molecule has 0 amide bonds. The summed E-state index contributed by atoms with van der Waals surface area (Å²) in [6.07, 6.45) is -2.95. The summed E-state index contributed by atoms with van der Waals surface area (Å²) in [5.41, 5.74) is -0.269. The van der Waals surface area contributed by atoms with E-state index in [2.05, 4.69) is 5.32 Å². The highest BCUT2D eigenvalue weighted by Crippen LogP contribution is 2.40. The van der Waals surface area contributed by atoms with Crippen molar-refractivity contribution in [3.05, 3.63) is 28.8 Å². The second-order valence-corrected chi connectivity index (χ2v) is 5.34. The van der Waals surface area contributed by atoms with Gasteiger partial charge in [-0.05, 0) is 18.9 Å². The van der Waals surface area contributed by atoms with Crippen LogP contribution in [0, 0.1) is 17.6 Å². The zero-order valence-electron chi connectivity index (χ0n) is 10.4. The number of alkyl halides is 3. The fourth-order valence-electron chi connectivity index (χ4n) is 2.56. The summed E-state index contributed by atoms with van der Waals surface area (Å²) in [7, 11) is 0. The number of anilines is 1. The summed E-state index contributed by atoms with van der Waals surface area (Å²) in [6.45, 7) is 0. The van der Waals surface area contributed by atoms with E-state index in [4.69, 9.17) is 11.6 Å². The van der Waals surface area contributed by atoms with E-state index in [-0.39, 0.29) is 23.6 Å². The molecule has 20 heavy (non-hydrogen) atoms. The van der Waals surface area contributed by atoms with Gasteiger partial charge in [0.25, 0.3) is 0 Å². The molecule has 0 radical (unpaired) electrons. The Kier molecular flexibility index (Phi) is 4.42. The Labute approximate surface area is 118 Å². The molecule has 0 aliphatic heterocycles. The van der Waals surface area contributed by atoms with Gasteiger partial charge in [-0.25, -0.2) is 8.78 Å². The number of halogens is 6. The Morgan fingerprint density at radius 2 is 1.75 bits per heavy atom. The van der Waals surface area contributed by atoms with E-state index >= 15 is 0 Å². The quantitative estimate of drug-likeness (QED) is 0.744. The average Bonchev–Trinajstić information content (AvgIpc) is 2.33. The van der Waals surface area contributed by atoms with Gasteiger partial charge < -0.3 is 5.32 Å². The molecule has 1 fully saturated rings. The maximum Gasteiger partial charge on any atom is 0.393 e. The molecule has 1 aromatic carbocycles. The molecule has 1 nitrogen and oxygen atoms in total. The van der Waals surface area contributed by atoms with Crippen LogP contribution in [-0.2, 0) is 0 Å². The SMILES string of the molecule is Fc1cc(F)c(NC2CCCCC2C(F)(F)F)c(Cl)c1. The van der Waals surface area contributed by atoms with Crippen molar-refractivity contribution in [1.29, 1.82) is 0 Å². The van der Waals surface area contributed by atoms with E-state index in [9.17, 15) is 22.0 Å². The summed E-state index contributed by atoms with van der Waals surface area (Å²) in [5, 5.41) is 2.25. The van der Waals surface area contributed by atoms with Crippen LogP contribution in [0.15, 0.2) is 12.1 Å². The molecule has 2 atom stereocenters. The molecular formula is C13H13ClF5N. The Morgan fingerprint density at radius 1 is 1.10 bits per heavy atom. The lowest BCUT2D eigenvalue weighted by Gasteiger charge is -2.34. The van der Waals surface area contributed by atoms with Crippen LogP contribution < -0.4 is 5.32 Å². The minimum atomic E-state index is -4.35. The summed E-state index contributed by atoms with van der Waals surface area (Å²) >= 11 is 5.69. The molecule has 7 heteroatoms. The van der Waals surface area contributed by atoms with Crippen molar-refractivity contribution < 1.29 is 22.0 Å². The van der Waals surface area contributed by atoms with E-state index in [1.807, 2.05) is 0 Å². The van der Waals surface area contributed by atoms with Gasteiger partial charge in [0.15, 0.2) is 5.82 Å². The molecule has 2 unspecified atom stereocenters. The highest BCUT2D eigenvalue weighted by Gasteiger charge is 2.45. The van der Waals surface area contributed by atoms with Crippen LogP contribution in [0.5, 0.6) is 0 Å². The third-order valence-electron chi connectivity index (χ3n) is 3.52. The Balaban J connectivity index is 2.23. The van der Waals surface area contributed by atoms with Crippen LogP contribution in [-0.4, -0.2) is 12.2 Å².